The fourth-order valence-electron chi connectivity index (χ4n) is 6.98. The molecule has 1 aliphatic heterocycles. The largest absolute Gasteiger partial charge is 0.455 e. The lowest BCUT2D eigenvalue weighted by molar-refractivity contribution is 0.422. The van der Waals surface area contributed by atoms with Crippen LogP contribution in [0.25, 0.3) is 0 Å². The molecule has 3 heteroatoms. The van der Waals surface area contributed by atoms with Crippen LogP contribution in [0.4, 0.5) is 0 Å². The van der Waals surface area contributed by atoms with Crippen LogP contribution in [0, 0.1) is 0 Å². The number of hydrogen-bond acceptors (Lipinski definition) is 1. The lowest BCUT2D eigenvalue weighted by atomic mass is 9.72. The van der Waals surface area contributed by atoms with Crippen molar-refractivity contribution in [2.24, 2.45) is 0 Å². The van der Waals surface area contributed by atoms with Crippen molar-refractivity contribution in [1.82, 2.24) is 0 Å². The zero-order chi connectivity index (χ0) is 35.3. The van der Waals surface area contributed by atoms with Gasteiger partial charge in [0.1, 0.15) is 11.5 Å². The van der Waals surface area contributed by atoms with E-state index in [0.29, 0.717) is 0 Å². The highest BCUT2D eigenvalue weighted by atomic mass is 31.1. The molecule has 50 heavy (non-hydrogen) atoms. The third-order valence-corrected chi connectivity index (χ3v) is 14.8. The van der Waals surface area contributed by atoms with Crippen LogP contribution in [0.15, 0.2) is 146 Å². The smallest absolute Gasteiger partial charge is 0.139 e. The van der Waals surface area contributed by atoms with E-state index in [9.17, 15) is 0 Å². The summed E-state index contributed by atoms with van der Waals surface area (Å²) in [6, 6.07) is 54.0. The minimum Gasteiger partial charge on any atom is -0.455 e. The van der Waals surface area contributed by atoms with Crippen molar-refractivity contribution in [2.45, 2.75) is 71.6 Å². The standard InChI is InChI=1S/C47H48OP2/c1-45(2,3)33-29-39-43(41(31-33)49(35-21-13-9-14-22-35)36-23-15-10-16-24-36)48-44-40(47(39,7)8)30-34(46(4,5)6)32-42(44)50(37-25-17-11-18-26-37)38-27-19-12-20-28-38/h9-32H,1-8H3. The van der Waals surface area contributed by atoms with Crippen LogP contribution in [0.1, 0.15) is 77.6 Å². The van der Waals surface area contributed by atoms with Gasteiger partial charge >= 0.3 is 0 Å². The molecule has 1 aliphatic rings. The maximum atomic E-state index is 7.59. The van der Waals surface area contributed by atoms with E-state index in [2.05, 4.69) is 201 Å². The van der Waals surface area contributed by atoms with Gasteiger partial charge in [-0.3, -0.25) is 0 Å². The van der Waals surface area contributed by atoms with Gasteiger partial charge in [0.05, 0.1) is 0 Å². The van der Waals surface area contributed by atoms with Crippen LogP contribution in [0.5, 0.6) is 11.5 Å². The fourth-order valence-corrected chi connectivity index (χ4v) is 11.8. The normalized spacial score (nSPS) is 13.9. The molecule has 0 saturated heterocycles. The first-order chi connectivity index (χ1) is 23.8. The molecule has 252 valence electrons. The Bertz CT molecular complexity index is 1880. The molecule has 0 spiro atoms. The Morgan fingerprint density at radius 2 is 0.700 bits per heavy atom. The van der Waals surface area contributed by atoms with Crippen LogP contribution >= 0.6 is 15.8 Å². The maximum absolute atomic E-state index is 7.59. The first-order valence-electron chi connectivity index (χ1n) is 17.7. The van der Waals surface area contributed by atoms with E-state index < -0.39 is 15.8 Å². The number of hydrogen-bond donors (Lipinski definition) is 0. The predicted molar refractivity (Wildman–Crippen MR) is 220 cm³/mol. The van der Waals surface area contributed by atoms with Crippen LogP contribution in [0.3, 0.4) is 0 Å². The SMILES string of the molecule is CC(C)(C)c1cc(P(c2ccccc2)c2ccccc2)c2c(c1)C(C)(C)c1cc(C(C)(C)C)cc(P(c3ccccc3)c3ccccc3)c1O2. The topological polar surface area (TPSA) is 9.23 Å². The van der Waals surface area contributed by atoms with Crippen molar-refractivity contribution in [1.29, 1.82) is 0 Å². The second kappa shape index (κ2) is 13.3. The highest BCUT2D eigenvalue weighted by Crippen LogP contribution is 2.54. The summed E-state index contributed by atoms with van der Waals surface area (Å²) in [4.78, 5) is 0. The highest BCUT2D eigenvalue weighted by molar-refractivity contribution is 7.80. The van der Waals surface area contributed by atoms with Gasteiger partial charge in [0, 0.05) is 27.2 Å². The lowest BCUT2D eigenvalue weighted by Gasteiger charge is -2.41. The van der Waals surface area contributed by atoms with E-state index in [4.69, 9.17) is 4.74 Å². The molecule has 0 radical (unpaired) electrons. The van der Waals surface area contributed by atoms with Crippen molar-refractivity contribution in [2.75, 3.05) is 0 Å². The number of fused-ring (bicyclic) bond motifs is 2. The van der Waals surface area contributed by atoms with Gasteiger partial charge in [-0.2, -0.15) is 0 Å². The summed E-state index contributed by atoms with van der Waals surface area (Å²) in [5.74, 6) is 2.05. The Kier molecular flexibility index (Phi) is 9.14. The summed E-state index contributed by atoms with van der Waals surface area (Å²) in [5.41, 5.74) is 4.84. The molecule has 1 heterocycles. The first kappa shape index (κ1) is 34.4. The van der Waals surface area contributed by atoms with Crippen molar-refractivity contribution in [3.05, 3.63) is 168 Å². The quantitative estimate of drug-likeness (QED) is 0.158. The Hall–Kier alpha value is -4.02. The molecule has 0 atom stereocenters. The molecule has 0 N–H and O–H groups in total. The molecule has 0 amide bonds. The van der Waals surface area contributed by atoms with Gasteiger partial charge in [-0.25, -0.2) is 0 Å². The summed E-state index contributed by atoms with van der Waals surface area (Å²) < 4.78 is 7.59. The number of rotatable bonds is 6. The summed E-state index contributed by atoms with van der Waals surface area (Å²) in [6.45, 7) is 18.8. The zero-order valence-corrected chi connectivity index (χ0v) is 32.4. The molecule has 6 aromatic rings. The second-order valence-electron chi connectivity index (χ2n) is 16.0. The highest BCUT2D eigenvalue weighted by Gasteiger charge is 2.41. The van der Waals surface area contributed by atoms with Crippen molar-refractivity contribution < 1.29 is 4.74 Å². The van der Waals surface area contributed by atoms with Gasteiger partial charge in [0.25, 0.3) is 0 Å². The van der Waals surface area contributed by atoms with E-state index in [0.717, 1.165) is 11.5 Å². The minimum atomic E-state index is -0.912. The molecule has 0 bridgehead atoms. The molecule has 0 aromatic heterocycles. The van der Waals surface area contributed by atoms with E-state index >= 15 is 0 Å². The number of benzene rings is 6. The molecule has 0 saturated carbocycles. The molecular formula is C47H48OP2. The Balaban J connectivity index is 1.57. The summed E-state index contributed by atoms with van der Waals surface area (Å²) in [5, 5.41) is 7.88. The van der Waals surface area contributed by atoms with Gasteiger partial charge in [-0.15, -0.1) is 0 Å². The third kappa shape index (κ3) is 6.48. The van der Waals surface area contributed by atoms with Crippen LogP contribution in [-0.2, 0) is 16.2 Å². The molecule has 1 nitrogen and oxygen atoms in total. The van der Waals surface area contributed by atoms with E-state index in [1.165, 1.54) is 54.1 Å². The average Bonchev–Trinajstić information content (AvgIpc) is 3.10. The molecular weight excluding hydrogens is 642 g/mol. The monoisotopic (exact) mass is 690 g/mol. The van der Waals surface area contributed by atoms with Gasteiger partial charge < -0.3 is 4.74 Å². The van der Waals surface area contributed by atoms with Crippen LogP contribution in [-0.4, -0.2) is 0 Å². The first-order valence-corrected chi connectivity index (χ1v) is 20.4. The average molecular weight is 691 g/mol. The Morgan fingerprint density at radius 1 is 0.420 bits per heavy atom. The van der Waals surface area contributed by atoms with Gasteiger partial charge in [-0.1, -0.05) is 189 Å². The predicted octanol–water partition coefficient (Wildman–Crippen LogP) is 10.2. The van der Waals surface area contributed by atoms with Gasteiger partial charge in [0.15, 0.2) is 0 Å². The summed E-state index contributed by atoms with van der Waals surface area (Å²) >= 11 is 0. The zero-order valence-electron chi connectivity index (χ0n) is 30.7. The lowest BCUT2D eigenvalue weighted by Crippen LogP contribution is -2.35. The molecule has 6 aromatic carbocycles. The molecule has 0 aliphatic carbocycles. The van der Waals surface area contributed by atoms with E-state index in [-0.39, 0.29) is 16.2 Å². The molecule has 0 unspecified atom stereocenters. The summed E-state index contributed by atoms with van der Waals surface area (Å²) in [6.07, 6.45) is 0. The van der Waals surface area contributed by atoms with Crippen LogP contribution in [0.2, 0.25) is 0 Å². The van der Waals surface area contributed by atoms with E-state index in [1.807, 2.05) is 0 Å². The van der Waals surface area contributed by atoms with Crippen molar-refractivity contribution in [3.8, 4) is 11.5 Å². The second-order valence-corrected chi connectivity index (χ2v) is 20.4. The molecule has 0 fully saturated rings. The van der Waals surface area contributed by atoms with E-state index in [1.54, 1.807) is 0 Å². The maximum Gasteiger partial charge on any atom is 0.139 e. The Morgan fingerprint density at radius 3 is 0.960 bits per heavy atom. The minimum absolute atomic E-state index is 0.0398. The van der Waals surface area contributed by atoms with Gasteiger partial charge in [0.2, 0.25) is 0 Å². The molecule has 7 rings (SSSR count). The van der Waals surface area contributed by atoms with Crippen molar-refractivity contribution >= 4 is 47.7 Å². The third-order valence-electron chi connectivity index (χ3n) is 9.96. The Labute approximate surface area is 302 Å². The van der Waals surface area contributed by atoms with Gasteiger partial charge in [-0.05, 0) is 71.2 Å². The summed E-state index contributed by atoms with van der Waals surface area (Å²) in [7, 11) is -1.82. The fraction of sp³-hybridized carbons (Fsp3) is 0.234. The van der Waals surface area contributed by atoms with Crippen molar-refractivity contribution in [3.63, 3.8) is 0 Å². The van der Waals surface area contributed by atoms with Crippen LogP contribution < -0.4 is 36.6 Å². The number of ether oxygens (including phenoxy) is 1.